The van der Waals surface area contributed by atoms with Crippen LogP contribution in [0.1, 0.15) is 17.3 Å². The van der Waals surface area contributed by atoms with Crippen molar-refractivity contribution < 1.29 is 9.53 Å². The maximum atomic E-state index is 12.3. The number of piperazine rings is 1. The number of ether oxygens (including phenoxy) is 1. The Morgan fingerprint density at radius 2 is 2.17 bits per heavy atom. The third-order valence-corrected chi connectivity index (χ3v) is 3.54. The van der Waals surface area contributed by atoms with E-state index in [1.165, 1.54) is 0 Å². The molecule has 1 N–H and O–H groups in total. The van der Waals surface area contributed by atoms with E-state index in [4.69, 9.17) is 4.74 Å². The molecule has 1 saturated heterocycles. The Bertz CT molecular complexity index is 431. The van der Waals surface area contributed by atoms with Gasteiger partial charge >= 0.3 is 0 Å². The van der Waals surface area contributed by atoms with Gasteiger partial charge in [-0.15, -0.1) is 0 Å². The lowest BCUT2D eigenvalue weighted by atomic mass is 10.1. The molecule has 1 heterocycles. The molecule has 1 aliphatic rings. The van der Waals surface area contributed by atoms with Crippen molar-refractivity contribution in [2.45, 2.75) is 6.92 Å². The monoisotopic (exact) mass is 312 g/mol. The number of nitrogens with one attached hydrogen (secondary N) is 1. The predicted octanol–water partition coefficient (Wildman–Crippen LogP) is 1.89. The number of carbonyl (C=O) groups is 1. The van der Waals surface area contributed by atoms with Gasteiger partial charge in [-0.05, 0) is 41.1 Å². The predicted molar refractivity (Wildman–Crippen MR) is 74.1 cm³/mol. The summed E-state index contributed by atoms with van der Waals surface area (Å²) in [5.74, 6) is 0.795. The van der Waals surface area contributed by atoms with Gasteiger partial charge < -0.3 is 15.0 Å². The van der Waals surface area contributed by atoms with Crippen molar-refractivity contribution in [1.82, 2.24) is 10.2 Å². The zero-order valence-electron chi connectivity index (χ0n) is 10.4. The Morgan fingerprint density at radius 3 is 2.83 bits per heavy atom. The van der Waals surface area contributed by atoms with Crippen LogP contribution in [0.3, 0.4) is 0 Å². The third kappa shape index (κ3) is 3.03. The normalized spacial score (nSPS) is 15.6. The number of nitrogens with zero attached hydrogens (tertiary/aromatic N) is 1. The van der Waals surface area contributed by atoms with Crippen molar-refractivity contribution in [3.63, 3.8) is 0 Å². The standard InChI is InChI=1S/C13H17BrN2O2/c1-2-18-12-9-10(3-4-11(12)14)13(17)16-7-5-15-6-8-16/h3-4,9,15H,2,5-8H2,1H3. The first-order valence-electron chi connectivity index (χ1n) is 6.14. The summed E-state index contributed by atoms with van der Waals surface area (Å²) in [5.41, 5.74) is 0.684. The van der Waals surface area contributed by atoms with Gasteiger partial charge in [0.25, 0.3) is 5.91 Å². The Kier molecular flexibility index (Phi) is 4.60. The van der Waals surface area contributed by atoms with E-state index >= 15 is 0 Å². The van der Waals surface area contributed by atoms with Crippen LogP contribution in [0.4, 0.5) is 0 Å². The molecule has 0 atom stereocenters. The zero-order valence-corrected chi connectivity index (χ0v) is 12.0. The second kappa shape index (κ2) is 6.20. The molecule has 1 fully saturated rings. The van der Waals surface area contributed by atoms with Crippen LogP contribution < -0.4 is 10.1 Å². The van der Waals surface area contributed by atoms with Gasteiger partial charge in [0.05, 0.1) is 11.1 Å². The largest absolute Gasteiger partial charge is 0.493 e. The van der Waals surface area contributed by atoms with Crippen LogP contribution in [0.5, 0.6) is 5.75 Å². The third-order valence-electron chi connectivity index (χ3n) is 2.88. The van der Waals surface area contributed by atoms with Crippen LogP contribution in [0.15, 0.2) is 22.7 Å². The molecule has 0 spiro atoms. The van der Waals surface area contributed by atoms with Crippen LogP contribution in [0.2, 0.25) is 0 Å². The van der Waals surface area contributed by atoms with Gasteiger partial charge in [0.1, 0.15) is 5.75 Å². The number of benzene rings is 1. The van der Waals surface area contributed by atoms with Gasteiger partial charge in [0.2, 0.25) is 0 Å². The van der Waals surface area contributed by atoms with Crippen molar-refractivity contribution in [2.24, 2.45) is 0 Å². The lowest BCUT2D eigenvalue weighted by molar-refractivity contribution is 0.0735. The van der Waals surface area contributed by atoms with Crippen LogP contribution in [0, 0.1) is 0 Å². The number of rotatable bonds is 3. The molecular weight excluding hydrogens is 296 g/mol. The first kappa shape index (κ1) is 13.4. The molecule has 18 heavy (non-hydrogen) atoms. The maximum absolute atomic E-state index is 12.3. The average molecular weight is 313 g/mol. The fourth-order valence-electron chi connectivity index (χ4n) is 1.95. The summed E-state index contributed by atoms with van der Waals surface area (Å²) in [7, 11) is 0. The Labute approximate surface area is 115 Å². The number of halogens is 1. The summed E-state index contributed by atoms with van der Waals surface area (Å²) in [6.07, 6.45) is 0. The smallest absolute Gasteiger partial charge is 0.254 e. The molecule has 5 heteroatoms. The summed E-state index contributed by atoms with van der Waals surface area (Å²) in [4.78, 5) is 14.2. The second-order valence-corrected chi connectivity index (χ2v) is 4.97. The topological polar surface area (TPSA) is 41.6 Å². The lowest BCUT2D eigenvalue weighted by Crippen LogP contribution is -2.46. The summed E-state index contributed by atoms with van der Waals surface area (Å²) in [6, 6.07) is 5.50. The number of hydrogen-bond donors (Lipinski definition) is 1. The summed E-state index contributed by atoms with van der Waals surface area (Å²) in [6.45, 7) is 5.76. The first-order valence-corrected chi connectivity index (χ1v) is 6.94. The van der Waals surface area contributed by atoms with Crippen molar-refractivity contribution in [2.75, 3.05) is 32.8 Å². The van der Waals surface area contributed by atoms with Gasteiger partial charge in [0, 0.05) is 31.7 Å². The van der Waals surface area contributed by atoms with E-state index in [1.807, 2.05) is 24.0 Å². The molecule has 4 nitrogen and oxygen atoms in total. The Hall–Kier alpha value is -1.07. The van der Waals surface area contributed by atoms with Gasteiger partial charge in [0.15, 0.2) is 0 Å². The highest BCUT2D eigenvalue weighted by Crippen LogP contribution is 2.26. The van der Waals surface area contributed by atoms with E-state index in [2.05, 4.69) is 21.2 Å². The Balaban J connectivity index is 2.16. The maximum Gasteiger partial charge on any atom is 0.254 e. The molecule has 1 aliphatic heterocycles. The molecule has 2 rings (SSSR count). The van der Waals surface area contributed by atoms with E-state index in [0.29, 0.717) is 12.2 Å². The number of carbonyl (C=O) groups excluding carboxylic acids is 1. The SMILES string of the molecule is CCOc1cc(C(=O)N2CCNCC2)ccc1Br. The molecule has 0 radical (unpaired) electrons. The number of amides is 1. The van der Waals surface area contributed by atoms with Crippen molar-refractivity contribution in [3.8, 4) is 5.75 Å². The highest BCUT2D eigenvalue weighted by Gasteiger charge is 2.18. The molecule has 1 aromatic rings. The molecule has 0 aliphatic carbocycles. The van der Waals surface area contributed by atoms with Crippen LogP contribution in [-0.4, -0.2) is 43.6 Å². The molecule has 1 aromatic carbocycles. The first-order chi connectivity index (χ1) is 8.72. The van der Waals surface area contributed by atoms with Gasteiger partial charge in [-0.25, -0.2) is 0 Å². The van der Waals surface area contributed by atoms with Crippen LogP contribution >= 0.6 is 15.9 Å². The molecule has 0 saturated carbocycles. The van der Waals surface area contributed by atoms with Crippen molar-refractivity contribution in [3.05, 3.63) is 28.2 Å². The fourth-order valence-corrected chi connectivity index (χ4v) is 2.31. The van der Waals surface area contributed by atoms with Crippen LogP contribution in [0.25, 0.3) is 0 Å². The molecule has 0 aromatic heterocycles. The molecule has 0 unspecified atom stereocenters. The highest BCUT2D eigenvalue weighted by molar-refractivity contribution is 9.10. The average Bonchev–Trinajstić information content (AvgIpc) is 2.42. The minimum atomic E-state index is 0.0740. The second-order valence-electron chi connectivity index (χ2n) is 4.12. The van der Waals surface area contributed by atoms with E-state index in [9.17, 15) is 4.79 Å². The van der Waals surface area contributed by atoms with Crippen molar-refractivity contribution in [1.29, 1.82) is 0 Å². The summed E-state index contributed by atoms with van der Waals surface area (Å²) >= 11 is 3.42. The summed E-state index contributed by atoms with van der Waals surface area (Å²) < 4.78 is 6.36. The molecule has 98 valence electrons. The molecular formula is C13H17BrN2O2. The van der Waals surface area contributed by atoms with Crippen molar-refractivity contribution >= 4 is 21.8 Å². The number of hydrogen-bond acceptors (Lipinski definition) is 3. The van der Waals surface area contributed by atoms with E-state index < -0.39 is 0 Å². The highest BCUT2D eigenvalue weighted by atomic mass is 79.9. The van der Waals surface area contributed by atoms with E-state index in [0.717, 1.165) is 36.4 Å². The van der Waals surface area contributed by atoms with Gasteiger partial charge in [-0.2, -0.15) is 0 Å². The molecule has 0 bridgehead atoms. The lowest BCUT2D eigenvalue weighted by Gasteiger charge is -2.27. The Morgan fingerprint density at radius 1 is 1.44 bits per heavy atom. The fraction of sp³-hybridized carbons (Fsp3) is 0.462. The van der Waals surface area contributed by atoms with Gasteiger partial charge in [-0.3, -0.25) is 4.79 Å². The zero-order chi connectivity index (χ0) is 13.0. The minimum absolute atomic E-state index is 0.0740. The molecule has 1 amide bonds. The van der Waals surface area contributed by atoms with Crippen LogP contribution in [-0.2, 0) is 0 Å². The quantitative estimate of drug-likeness (QED) is 0.927. The van der Waals surface area contributed by atoms with E-state index in [-0.39, 0.29) is 5.91 Å². The van der Waals surface area contributed by atoms with Gasteiger partial charge in [-0.1, -0.05) is 0 Å². The van der Waals surface area contributed by atoms with E-state index in [1.54, 1.807) is 6.07 Å². The summed E-state index contributed by atoms with van der Waals surface area (Å²) in [5, 5.41) is 3.24. The minimum Gasteiger partial charge on any atom is -0.493 e.